The zero-order valence-electron chi connectivity index (χ0n) is 19.3. The monoisotopic (exact) mass is 487 g/mol. The fourth-order valence-electron chi connectivity index (χ4n) is 6.63. The van der Waals surface area contributed by atoms with E-state index in [-0.39, 0.29) is 5.56 Å². The van der Waals surface area contributed by atoms with Gasteiger partial charge in [0.15, 0.2) is 0 Å². The molecular weight excluding hydrogens is 466 g/mol. The van der Waals surface area contributed by atoms with Crippen molar-refractivity contribution in [2.45, 2.75) is 12.5 Å². The standard InChI is InChI=1S/C27H21NO8/c1-26-16(13-8-10-15(34-2)11-9-13)12-27(19-17(26)22(30)35-24(19)32,20-18(26)23(31)36-25(20)33)28-21(29)14-6-4-3-5-7-14/h3-12,17-20H,1-2H3,(H,28,29)/t17-,18+,19+,20-,26?,27?. The van der Waals surface area contributed by atoms with E-state index < -0.39 is 64.4 Å². The van der Waals surface area contributed by atoms with Crippen molar-refractivity contribution < 1.29 is 38.2 Å². The molecule has 1 saturated carbocycles. The van der Waals surface area contributed by atoms with Gasteiger partial charge in [-0.05, 0) is 35.4 Å². The van der Waals surface area contributed by atoms with Gasteiger partial charge in [0.05, 0.1) is 36.3 Å². The Labute approximate surface area is 205 Å². The Hall–Kier alpha value is -4.27. The van der Waals surface area contributed by atoms with E-state index in [0.717, 1.165) is 0 Å². The Morgan fingerprint density at radius 2 is 1.33 bits per heavy atom. The van der Waals surface area contributed by atoms with Crippen molar-refractivity contribution in [1.29, 1.82) is 0 Å². The molecule has 9 heteroatoms. The number of hydrogen-bond donors (Lipinski definition) is 1. The number of amides is 1. The molecule has 36 heavy (non-hydrogen) atoms. The second-order valence-electron chi connectivity index (χ2n) is 9.71. The quantitative estimate of drug-likeness (QED) is 0.512. The van der Waals surface area contributed by atoms with E-state index in [1.807, 2.05) is 0 Å². The van der Waals surface area contributed by atoms with Crippen LogP contribution in [-0.2, 0) is 28.7 Å². The first-order chi connectivity index (χ1) is 17.2. The maximum atomic E-state index is 13.4. The van der Waals surface area contributed by atoms with Gasteiger partial charge in [-0.3, -0.25) is 24.0 Å². The van der Waals surface area contributed by atoms with Crippen LogP contribution in [0.3, 0.4) is 0 Å². The molecule has 2 aliphatic heterocycles. The normalized spacial score (nSPS) is 33.9. The number of hydrogen-bond acceptors (Lipinski definition) is 8. The Balaban J connectivity index is 1.62. The van der Waals surface area contributed by atoms with Crippen LogP contribution in [0.15, 0.2) is 60.7 Å². The van der Waals surface area contributed by atoms with Gasteiger partial charge in [0, 0.05) is 11.0 Å². The second-order valence-corrected chi connectivity index (χ2v) is 9.71. The summed E-state index contributed by atoms with van der Waals surface area (Å²) in [5, 5.41) is 2.87. The highest BCUT2D eigenvalue weighted by molar-refractivity contribution is 6.09. The van der Waals surface area contributed by atoms with Crippen molar-refractivity contribution in [1.82, 2.24) is 5.32 Å². The van der Waals surface area contributed by atoms with Crippen LogP contribution in [0.25, 0.3) is 5.57 Å². The first kappa shape index (κ1) is 22.2. The minimum absolute atomic E-state index is 0.286. The molecule has 1 amide bonds. The second kappa shape index (κ2) is 7.36. The van der Waals surface area contributed by atoms with E-state index >= 15 is 0 Å². The summed E-state index contributed by atoms with van der Waals surface area (Å²) in [7, 11) is 1.53. The summed E-state index contributed by atoms with van der Waals surface area (Å²) < 4.78 is 15.4. The lowest BCUT2D eigenvalue weighted by Crippen LogP contribution is -2.72. The van der Waals surface area contributed by atoms with E-state index in [2.05, 4.69) is 5.32 Å². The van der Waals surface area contributed by atoms with E-state index in [9.17, 15) is 24.0 Å². The Kier molecular flexibility index (Phi) is 4.54. The summed E-state index contributed by atoms with van der Waals surface area (Å²) in [6.45, 7) is 1.68. The van der Waals surface area contributed by atoms with Crippen molar-refractivity contribution in [2.24, 2.45) is 29.1 Å². The smallest absolute Gasteiger partial charge is 0.320 e. The van der Waals surface area contributed by atoms with Gasteiger partial charge in [-0.25, -0.2) is 0 Å². The lowest BCUT2D eigenvalue weighted by atomic mass is 9.41. The van der Waals surface area contributed by atoms with Gasteiger partial charge in [-0.2, -0.15) is 0 Å². The predicted molar refractivity (Wildman–Crippen MR) is 122 cm³/mol. The number of allylic oxidation sites excluding steroid dienone is 1. The summed E-state index contributed by atoms with van der Waals surface area (Å²) in [4.78, 5) is 65.9. The molecule has 0 radical (unpaired) electrons. The molecule has 2 aromatic carbocycles. The Morgan fingerprint density at radius 3 is 1.86 bits per heavy atom. The van der Waals surface area contributed by atoms with Gasteiger partial charge in [0.25, 0.3) is 5.91 Å². The van der Waals surface area contributed by atoms with E-state index in [0.29, 0.717) is 16.9 Å². The zero-order chi connectivity index (χ0) is 25.4. The minimum atomic E-state index is -1.72. The molecule has 3 fully saturated rings. The fraction of sp³-hybridized carbons (Fsp3) is 0.296. The molecule has 0 aromatic heterocycles. The van der Waals surface area contributed by atoms with Gasteiger partial charge in [-0.1, -0.05) is 43.3 Å². The van der Waals surface area contributed by atoms with E-state index in [1.54, 1.807) is 67.6 Å². The highest BCUT2D eigenvalue weighted by atomic mass is 16.6. The highest BCUT2D eigenvalue weighted by Crippen LogP contribution is 2.69. The Morgan fingerprint density at radius 1 is 0.806 bits per heavy atom. The van der Waals surface area contributed by atoms with Gasteiger partial charge >= 0.3 is 23.9 Å². The number of rotatable bonds is 4. The molecule has 6 atom stereocenters. The first-order valence-electron chi connectivity index (χ1n) is 11.5. The molecular formula is C27H21NO8. The lowest BCUT2D eigenvalue weighted by Gasteiger charge is -2.59. The number of methoxy groups -OCH3 is 1. The van der Waals surface area contributed by atoms with Crippen LogP contribution in [-0.4, -0.2) is 42.4 Å². The van der Waals surface area contributed by atoms with Crippen molar-refractivity contribution in [3.05, 3.63) is 71.8 Å². The number of carbonyl (C=O) groups is 5. The van der Waals surface area contributed by atoms with Gasteiger partial charge in [0.1, 0.15) is 5.75 Å². The third-order valence-corrected chi connectivity index (χ3v) is 8.14. The first-order valence-corrected chi connectivity index (χ1v) is 11.5. The third kappa shape index (κ3) is 2.68. The number of cyclic esters (lactones) is 4. The molecule has 2 aromatic rings. The molecule has 1 N–H and O–H groups in total. The highest BCUT2D eigenvalue weighted by Gasteiger charge is 2.80. The topological polar surface area (TPSA) is 125 Å². The predicted octanol–water partition coefficient (Wildman–Crippen LogP) is 1.91. The third-order valence-electron chi connectivity index (χ3n) is 8.14. The van der Waals surface area contributed by atoms with Gasteiger partial charge in [-0.15, -0.1) is 0 Å². The van der Waals surface area contributed by atoms with Crippen LogP contribution in [0.5, 0.6) is 5.75 Å². The minimum Gasteiger partial charge on any atom is -0.497 e. The molecule has 2 heterocycles. The van der Waals surface area contributed by atoms with Crippen LogP contribution in [0, 0.1) is 29.1 Å². The molecule has 2 bridgehead atoms. The summed E-state index contributed by atoms with van der Waals surface area (Å²) >= 11 is 0. The number of nitrogens with one attached hydrogen (secondary N) is 1. The van der Waals surface area contributed by atoms with Crippen LogP contribution >= 0.6 is 0 Å². The van der Waals surface area contributed by atoms with Gasteiger partial charge in [0.2, 0.25) is 0 Å². The maximum Gasteiger partial charge on any atom is 0.320 e. The van der Waals surface area contributed by atoms with Crippen molar-refractivity contribution in [3.63, 3.8) is 0 Å². The number of carbonyl (C=O) groups excluding carboxylic acids is 5. The molecule has 7 rings (SSSR count). The number of ether oxygens (including phenoxy) is 3. The van der Waals surface area contributed by atoms with Gasteiger partial charge < -0.3 is 19.5 Å². The molecule has 9 nitrogen and oxygen atoms in total. The zero-order valence-corrected chi connectivity index (χ0v) is 19.3. The average Bonchev–Trinajstić information content (AvgIpc) is 3.37. The molecule has 0 spiro atoms. The van der Waals surface area contributed by atoms with E-state index in [1.165, 1.54) is 7.11 Å². The Bertz CT molecular complexity index is 1330. The molecule has 182 valence electrons. The number of benzene rings is 2. The SMILES string of the molecule is COc1ccc(C2=CC3(NC(=O)c4ccccc4)[C@@H]4C(=O)OC(=O)[C@@H]4C2(C)[C@@H]2C(=O)OC(=O)[C@@H]23)cc1. The van der Waals surface area contributed by atoms with Crippen molar-refractivity contribution in [2.75, 3.05) is 7.11 Å². The summed E-state index contributed by atoms with van der Waals surface area (Å²) in [6, 6.07) is 15.2. The number of esters is 4. The van der Waals surface area contributed by atoms with E-state index in [4.69, 9.17) is 14.2 Å². The van der Waals surface area contributed by atoms with Crippen molar-refractivity contribution in [3.8, 4) is 5.75 Å². The van der Waals surface area contributed by atoms with Crippen LogP contribution in [0.4, 0.5) is 0 Å². The summed E-state index contributed by atoms with van der Waals surface area (Å²) in [6.07, 6.45) is 1.65. The molecule has 2 saturated heterocycles. The average molecular weight is 487 g/mol. The maximum absolute atomic E-state index is 13.4. The largest absolute Gasteiger partial charge is 0.497 e. The van der Waals surface area contributed by atoms with Crippen molar-refractivity contribution >= 4 is 35.4 Å². The summed E-state index contributed by atoms with van der Waals surface area (Å²) in [5.74, 6) is -7.88. The molecule has 5 aliphatic rings. The lowest BCUT2D eigenvalue weighted by molar-refractivity contribution is -0.154. The molecule has 2 unspecified atom stereocenters. The molecule has 3 aliphatic carbocycles. The van der Waals surface area contributed by atoms with Crippen LogP contribution < -0.4 is 10.1 Å². The summed E-state index contributed by atoms with van der Waals surface area (Å²) in [5.41, 5.74) is -1.54. The van der Waals surface area contributed by atoms with Crippen LogP contribution in [0.1, 0.15) is 22.8 Å². The fourth-order valence-corrected chi connectivity index (χ4v) is 6.63. The van der Waals surface area contributed by atoms with Crippen LogP contribution in [0.2, 0.25) is 0 Å².